The number of carbonyl (C=O) groups is 1. The average Bonchev–Trinajstić information content (AvgIpc) is 2.66. The van der Waals surface area contributed by atoms with Gasteiger partial charge < -0.3 is 14.8 Å². The monoisotopic (exact) mass is 370 g/mol. The number of H-pyrrole nitrogens is 1. The van der Waals surface area contributed by atoms with Gasteiger partial charge in [0.25, 0.3) is 11.5 Å². The minimum Gasteiger partial charge on any atom is -0.354 e. The molecule has 142 valence electrons. The second kappa shape index (κ2) is 6.99. The number of likely N-dealkylation sites (tertiary alicyclic amines) is 1. The highest BCUT2D eigenvalue weighted by Crippen LogP contribution is 2.20. The van der Waals surface area contributed by atoms with E-state index in [1.54, 1.807) is 11.1 Å². The quantitative estimate of drug-likeness (QED) is 0.754. The summed E-state index contributed by atoms with van der Waals surface area (Å²) in [6.45, 7) is 4.85. The van der Waals surface area contributed by atoms with Crippen molar-refractivity contribution in [3.05, 3.63) is 57.0 Å². The summed E-state index contributed by atoms with van der Waals surface area (Å²) in [5.41, 5.74) is -1.07. The van der Waals surface area contributed by atoms with Crippen LogP contribution in [0, 0.1) is 0 Å². The van der Waals surface area contributed by atoms with Crippen LogP contribution in [0.3, 0.4) is 0 Å². The van der Waals surface area contributed by atoms with Crippen LogP contribution in [-0.2, 0) is 7.05 Å². The Balaban J connectivity index is 1.33. The van der Waals surface area contributed by atoms with Crippen molar-refractivity contribution in [2.75, 3.05) is 44.2 Å². The van der Waals surface area contributed by atoms with Gasteiger partial charge in [0, 0.05) is 64.8 Å². The van der Waals surface area contributed by atoms with E-state index in [4.69, 9.17) is 0 Å². The molecule has 27 heavy (non-hydrogen) atoms. The molecule has 0 aromatic carbocycles. The summed E-state index contributed by atoms with van der Waals surface area (Å²) in [5.74, 6) is 0.673. The number of hydrogen-bond acceptors (Lipinski definition) is 6. The highest BCUT2D eigenvalue weighted by molar-refractivity contribution is 5.94. The van der Waals surface area contributed by atoms with Crippen molar-refractivity contribution >= 4 is 11.7 Å². The maximum Gasteiger partial charge on any atom is 0.328 e. The molecule has 1 amide bonds. The van der Waals surface area contributed by atoms with Crippen LogP contribution in [0.25, 0.3) is 0 Å². The van der Waals surface area contributed by atoms with Gasteiger partial charge >= 0.3 is 5.69 Å². The molecule has 2 aromatic rings. The van der Waals surface area contributed by atoms with Crippen molar-refractivity contribution in [2.45, 2.75) is 6.04 Å². The van der Waals surface area contributed by atoms with Crippen LogP contribution in [0.1, 0.15) is 10.4 Å². The SMILES string of the molecule is Cn1c(=O)[nH]cc(C(=O)N2CC(N3CCN(c4ccccn4)CC3)C2)c1=O. The van der Waals surface area contributed by atoms with E-state index in [1.165, 1.54) is 13.2 Å². The zero-order valence-corrected chi connectivity index (χ0v) is 15.2. The van der Waals surface area contributed by atoms with E-state index in [2.05, 4.69) is 19.8 Å². The summed E-state index contributed by atoms with van der Waals surface area (Å²) in [4.78, 5) is 49.2. The normalized spacial score (nSPS) is 18.4. The molecule has 0 bridgehead atoms. The standard InChI is InChI=1S/C18H22N6O3/c1-21-16(25)14(10-20-18(21)27)17(26)24-11-13(12-24)22-6-8-23(9-7-22)15-4-2-3-5-19-15/h2-5,10,13H,6-9,11-12H2,1H3,(H,20,27). The Kier molecular flexibility index (Phi) is 4.53. The molecule has 0 radical (unpaired) electrons. The Morgan fingerprint density at radius 2 is 1.89 bits per heavy atom. The first-order valence-electron chi connectivity index (χ1n) is 9.02. The molecule has 1 N–H and O–H groups in total. The van der Waals surface area contributed by atoms with Crippen LogP contribution in [0.5, 0.6) is 0 Å². The van der Waals surface area contributed by atoms with Crippen molar-refractivity contribution in [1.82, 2.24) is 24.3 Å². The van der Waals surface area contributed by atoms with Crippen molar-refractivity contribution in [3.63, 3.8) is 0 Å². The molecule has 9 heteroatoms. The molecular weight excluding hydrogens is 348 g/mol. The molecule has 9 nitrogen and oxygen atoms in total. The fourth-order valence-corrected chi connectivity index (χ4v) is 3.60. The van der Waals surface area contributed by atoms with Crippen LogP contribution in [0.15, 0.2) is 40.2 Å². The summed E-state index contributed by atoms with van der Waals surface area (Å²) in [6, 6.07) is 6.23. The molecule has 2 fully saturated rings. The highest BCUT2D eigenvalue weighted by Gasteiger charge is 2.37. The second-order valence-corrected chi connectivity index (χ2v) is 6.95. The van der Waals surface area contributed by atoms with Crippen molar-refractivity contribution < 1.29 is 4.79 Å². The van der Waals surface area contributed by atoms with Crippen LogP contribution in [-0.4, -0.2) is 75.6 Å². The Morgan fingerprint density at radius 1 is 1.15 bits per heavy atom. The van der Waals surface area contributed by atoms with E-state index in [0.29, 0.717) is 19.1 Å². The summed E-state index contributed by atoms with van der Waals surface area (Å²) < 4.78 is 0.918. The predicted molar refractivity (Wildman–Crippen MR) is 100 cm³/mol. The van der Waals surface area contributed by atoms with Crippen molar-refractivity contribution in [2.24, 2.45) is 7.05 Å². The number of amides is 1. The third kappa shape index (κ3) is 3.25. The lowest BCUT2D eigenvalue weighted by Gasteiger charge is -2.48. The Morgan fingerprint density at radius 3 is 2.56 bits per heavy atom. The second-order valence-electron chi connectivity index (χ2n) is 6.95. The smallest absolute Gasteiger partial charge is 0.328 e. The summed E-state index contributed by atoms with van der Waals surface area (Å²) >= 11 is 0. The lowest BCUT2D eigenvalue weighted by Crippen LogP contribution is -2.64. The minimum atomic E-state index is -0.559. The minimum absolute atomic E-state index is 0.00974. The molecule has 0 aliphatic carbocycles. The predicted octanol–water partition coefficient (Wildman–Crippen LogP) is -0.885. The molecule has 2 aromatic heterocycles. The van der Waals surface area contributed by atoms with E-state index in [-0.39, 0.29) is 11.5 Å². The number of nitrogens with zero attached hydrogens (tertiary/aromatic N) is 5. The van der Waals surface area contributed by atoms with Crippen molar-refractivity contribution in [1.29, 1.82) is 0 Å². The highest BCUT2D eigenvalue weighted by atomic mass is 16.2. The van der Waals surface area contributed by atoms with E-state index < -0.39 is 11.2 Å². The van der Waals surface area contributed by atoms with Crippen LogP contribution in [0.4, 0.5) is 5.82 Å². The molecule has 0 unspecified atom stereocenters. The lowest BCUT2D eigenvalue weighted by atomic mass is 10.0. The van der Waals surface area contributed by atoms with Gasteiger partial charge in [0.05, 0.1) is 0 Å². The molecule has 2 aliphatic heterocycles. The van der Waals surface area contributed by atoms with Gasteiger partial charge in [-0.05, 0) is 12.1 Å². The lowest BCUT2D eigenvalue weighted by molar-refractivity contribution is 0.0244. The molecule has 4 heterocycles. The number of rotatable bonds is 3. The Labute approximate surface area is 155 Å². The number of nitrogens with one attached hydrogen (secondary N) is 1. The van der Waals surface area contributed by atoms with Gasteiger partial charge in [0.2, 0.25) is 0 Å². The van der Waals surface area contributed by atoms with E-state index >= 15 is 0 Å². The third-order valence-electron chi connectivity index (χ3n) is 5.36. The topological polar surface area (TPSA) is 94.5 Å². The van der Waals surface area contributed by atoms with E-state index in [9.17, 15) is 14.4 Å². The summed E-state index contributed by atoms with van der Waals surface area (Å²) in [7, 11) is 1.36. The zero-order valence-electron chi connectivity index (χ0n) is 15.2. The first-order chi connectivity index (χ1) is 13.0. The molecule has 0 atom stereocenters. The third-order valence-corrected chi connectivity index (χ3v) is 5.36. The van der Waals surface area contributed by atoms with Gasteiger partial charge in [-0.1, -0.05) is 6.07 Å². The van der Waals surface area contributed by atoms with Crippen molar-refractivity contribution in [3.8, 4) is 0 Å². The fraction of sp³-hybridized carbons (Fsp3) is 0.444. The fourth-order valence-electron chi connectivity index (χ4n) is 3.60. The van der Waals surface area contributed by atoms with E-state index in [1.807, 2.05) is 18.2 Å². The molecule has 0 saturated carbocycles. The number of aromatic amines is 1. The van der Waals surface area contributed by atoms with Crippen LogP contribution in [0.2, 0.25) is 0 Å². The molecule has 4 rings (SSSR count). The Bertz CT molecular complexity index is 940. The molecule has 0 spiro atoms. The van der Waals surface area contributed by atoms with E-state index in [0.717, 1.165) is 36.6 Å². The van der Waals surface area contributed by atoms with Gasteiger partial charge in [-0.15, -0.1) is 0 Å². The van der Waals surface area contributed by atoms with Crippen LogP contribution >= 0.6 is 0 Å². The maximum atomic E-state index is 12.5. The summed E-state index contributed by atoms with van der Waals surface area (Å²) in [5, 5.41) is 0. The zero-order chi connectivity index (χ0) is 19.0. The molecular formula is C18H22N6O3. The summed E-state index contributed by atoms with van der Waals surface area (Å²) in [6.07, 6.45) is 3.02. The van der Waals surface area contributed by atoms with Gasteiger partial charge in [-0.3, -0.25) is 19.1 Å². The maximum absolute atomic E-state index is 12.5. The first kappa shape index (κ1) is 17.5. The first-order valence-corrected chi connectivity index (χ1v) is 9.02. The number of piperazine rings is 1. The molecule has 2 saturated heterocycles. The largest absolute Gasteiger partial charge is 0.354 e. The van der Waals surface area contributed by atoms with Gasteiger partial charge in [0.15, 0.2) is 0 Å². The molecule has 2 aliphatic rings. The number of anilines is 1. The average molecular weight is 370 g/mol. The van der Waals surface area contributed by atoms with Crippen LogP contribution < -0.4 is 16.1 Å². The van der Waals surface area contributed by atoms with Gasteiger partial charge in [-0.2, -0.15) is 0 Å². The Hall–Kier alpha value is -2.94. The van der Waals surface area contributed by atoms with Gasteiger partial charge in [0.1, 0.15) is 11.4 Å². The number of pyridine rings is 1. The number of aromatic nitrogens is 3. The van der Waals surface area contributed by atoms with Gasteiger partial charge in [-0.25, -0.2) is 9.78 Å². The number of carbonyl (C=O) groups excluding carboxylic acids is 1. The number of hydrogen-bond donors (Lipinski definition) is 1.